The van der Waals surface area contributed by atoms with Gasteiger partial charge < -0.3 is 10.4 Å². The van der Waals surface area contributed by atoms with Gasteiger partial charge in [0.05, 0.1) is 15.9 Å². The molecule has 1 aliphatic rings. The maximum Gasteiger partial charge on any atom is 0.335 e. The van der Waals surface area contributed by atoms with Crippen LogP contribution in [0.5, 0.6) is 0 Å². The van der Waals surface area contributed by atoms with Crippen molar-refractivity contribution in [2.24, 2.45) is 0 Å². The number of hydrogen-bond donors (Lipinski definition) is 2. The smallest absolute Gasteiger partial charge is 0.335 e. The molecule has 0 radical (unpaired) electrons. The third-order valence-electron chi connectivity index (χ3n) is 5.06. The van der Waals surface area contributed by atoms with Crippen LogP contribution in [0.3, 0.4) is 0 Å². The van der Waals surface area contributed by atoms with Gasteiger partial charge in [0, 0.05) is 11.9 Å². The monoisotopic (exact) mass is 387 g/mol. The summed E-state index contributed by atoms with van der Waals surface area (Å²) in [5.41, 5.74) is 0.208. The van der Waals surface area contributed by atoms with Gasteiger partial charge in [-0.05, 0) is 36.6 Å². The quantitative estimate of drug-likeness (QED) is 0.820. The number of benzene rings is 2. The standard InChI is InChI=1S/C20H21NO5S/c1-27(25,26)17-12-14(18(22)23)11-16(13-17)21-19(24)20(9-5-6-10-20)15-7-3-2-4-8-15/h2-4,7-8,11-13H,5-6,9-10H2,1H3,(H,21,24)(H,22,23). The number of nitrogens with one attached hydrogen (secondary N) is 1. The molecule has 7 heteroatoms. The highest BCUT2D eigenvalue weighted by atomic mass is 32.2. The summed E-state index contributed by atoms with van der Waals surface area (Å²) in [4.78, 5) is 24.4. The molecule has 27 heavy (non-hydrogen) atoms. The summed E-state index contributed by atoms with van der Waals surface area (Å²) >= 11 is 0. The molecule has 0 bridgehead atoms. The normalized spacial score (nSPS) is 16.0. The van der Waals surface area contributed by atoms with Gasteiger partial charge in [-0.15, -0.1) is 0 Å². The highest BCUT2D eigenvalue weighted by Crippen LogP contribution is 2.42. The zero-order valence-electron chi connectivity index (χ0n) is 14.9. The molecule has 0 atom stereocenters. The van der Waals surface area contributed by atoms with Gasteiger partial charge in [0.2, 0.25) is 5.91 Å². The highest BCUT2D eigenvalue weighted by Gasteiger charge is 2.42. The molecule has 0 saturated heterocycles. The zero-order chi connectivity index (χ0) is 19.7. The Morgan fingerprint density at radius 3 is 2.22 bits per heavy atom. The molecular weight excluding hydrogens is 366 g/mol. The van der Waals surface area contributed by atoms with Crippen LogP contribution in [0.25, 0.3) is 0 Å². The van der Waals surface area contributed by atoms with Crippen LogP contribution in [0, 0.1) is 0 Å². The largest absolute Gasteiger partial charge is 0.478 e. The van der Waals surface area contributed by atoms with Crippen molar-refractivity contribution in [3.05, 3.63) is 59.7 Å². The van der Waals surface area contributed by atoms with Gasteiger partial charge in [-0.1, -0.05) is 43.2 Å². The Morgan fingerprint density at radius 2 is 1.67 bits per heavy atom. The van der Waals surface area contributed by atoms with E-state index < -0.39 is 21.2 Å². The minimum absolute atomic E-state index is 0.141. The minimum Gasteiger partial charge on any atom is -0.478 e. The van der Waals surface area contributed by atoms with Crippen molar-refractivity contribution in [1.29, 1.82) is 0 Å². The number of carbonyl (C=O) groups is 2. The minimum atomic E-state index is -3.62. The molecule has 2 aromatic rings. The second-order valence-corrected chi connectivity index (χ2v) is 8.95. The molecule has 3 rings (SSSR count). The van der Waals surface area contributed by atoms with Crippen molar-refractivity contribution in [3.8, 4) is 0 Å². The average molecular weight is 387 g/mol. The van der Waals surface area contributed by atoms with Crippen molar-refractivity contribution in [2.75, 3.05) is 11.6 Å². The molecule has 0 unspecified atom stereocenters. The molecule has 1 amide bonds. The fourth-order valence-corrected chi connectivity index (χ4v) is 4.32. The number of aromatic carboxylic acids is 1. The SMILES string of the molecule is CS(=O)(=O)c1cc(NC(=O)C2(c3ccccc3)CCCC2)cc(C(=O)O)c1. The summed E-state index contributed by atoms with van der Waals surface area (Å²) in [6.45, 7) is 0. The predicted molar refractivity (Wildman–Crippen MR) is 102 cm³/mol. The van der Waals surface area contributed by atoms with E-state index in [9.17, 15) is 23.1 Å². The summed E-state index contributed by atoms with van der Waals surface area (Å²) < 4.78 is 23.8. The third-order valence-corrected chi connectivity index (χ3v) is 6.15. The topological polar surface area (TPSA) is 101 Å². The maximum absolute atomic E-state index is 13.2. The van der Waals surface area contributed by atoms with E-state index in [1.54, 1.807) is 0 Å². The first-order chi connectivity index (χ1) is 12.7. The van der Waals surface area contributed by atoms with Gasteiger partial charge in [-0.3, -0.25) is 4.79 Å². The van der Waals surface area contributed by atoms with Crippen molar-refractivity contribution < 1.29 is 23.1 Å². The van der Waals surface area contributed by atoms with E-state index in [0.717, 1.165) is 30.7 Å². The van der Waals surface area contributed by atoms with Crippen LogP contribution in [0.15, 0.2) is 53.4 Å². The first-order valence-electron chi connectivity index (χ1n) is 8.68. The molecule has 0 aromatic heterocycles. The van der Waals surface area contributed by atoms with Crippen LogP contribution in [-0.4, -0.2) is 31.7 Å². The van der Waals surface area contributed by atoms with E-state index in [1.807, 2.05) is 30.3 Å². The lowest BCUT2D eigenvalue weighted by Crippen LogP contribution is -2.38. The lowest BCUT2D eigenvalue weighted by atomic mass is 9.78. The lowest BCUT2D eigenvalue weighted by molar-refractivity contribution is -0.121. The molecule has 142 valence electrons. The molecule has 2 N–H and O–H groups in total. The fourth-order valence-electron chi connectivity index (χ4n) is 3.64. The number of hydrogen-bond acceptors (Lipinski definition) is 4. The molecule has 0 heterocycles. The Kier molecular flexibility index (Phi) is 5.06. The number of carbonyl (C=O) groups excluding carboxylic acids is 1. The van der Waals surface area contributed by atoms with Crippen LogP contribution >= 0.6 is 0 Å². The summed E-state index contributed by atoms with van der Waals surface area (Å²) in [6, 6.07) is 13.2. The Hall–Kier alpha value is -2.67. The Bertz CT molecular complexity index is 977. The number of amides is 1. The van der Waals surface area contributed by atoms with E-state index in [4.69, 9.17) is 0 Å². The molecule has 2 aromatic carbocycles. The highest BCUT2D eigenvalue weighted by molar-refractivity contribution is 7.90. The van der Waals surface area contributed by atoms with E-state index >= 15 is 0 Å². The van der Waals surface area contributed by atoms with Crippen LogP contribution in [-0.2, 0) is 20.0 Å². The Labute approximate surface area is 158 Å². The Morgan fingerprint density at radius 1 is 1.04 bits per heavy atom. The van der Waals surface area contributed by atoms with Crippen LogP contribution in [0.4, 0.5) is 5.69 Å². The van der Waals surface area contributed by atoms with Crippen LogP contribution in [0.2, 0.25) is 0 Å². The predicted octanol–water partition coefficient (Wildman–Crippen LogP) is 3.24. The fraction of sp³-hybridized carbons (Fsp3) is 0.300. The van der Waals surface area contributed by atoms with E-state index in [2.05, 4.69) is 5.32 Å². The maximum atomic E-state index is 13.2. The van der Waals surface area contributed by atoms with Crippen molar-refractivity contribution in [3.63, 3.8) is 0 Å². The number of sulfone groups is 1. The number of carboxylic acids is 1. The van der Waals surface area contributed by atoms with E-state index in [1.165, 1.54) is 12.1 Å². The van der Waals surface area contributed by atoms with Gasteiger partial charge in [-0.25, -0.2) is 13.2 Å². The summed E-state index contributed by atoms with van der Waals surface area (Å²) in [6.07, 6.45) is 4.24. The Balaban J connectivity index is 2.00. The van der Waals surface area contributed by atoms with Crippen molar-refractivity contribution in [1.82, 2.24) is 0 Å². The summed E-state index contributed by atoms with van der Waals surface area (Å²) in [5, 5.41) is 12.0. The number of anilines is 1. The molecule has 0 aliphatic heterocycles. The van der Waals surface area contributed by atoms with Crippen molar-refractivity contribution in [2.45, 2.75) is 36.0 Å². The number of carboxylic acid groups (broad SMARTS) is 1. The first-order valence-corrected chi connectivity index (χ1v) is 10.6. The molecule has 1 aliphatic carbocycles. The van der Waals surface area contributed by atoms with Gasteiger partial charge in [0.15, 0.2) is 9.84 Å². The van der Waals surface area contributed by atoms with Crippen LogP contribution < -0.4 is 5.32 Å². The average Bonchev–Trinajstić information content (AvgIpc) is 3.12. The zero-order valence-corrected chi connectivity index (χ0v) is 15.8. The molecule has 1 fully saturated rings. The van der Waals surface area contributed by atoms with Gasteiger partial charge >= 0.3 is 5.97 Å². The van der Waals surface area contributed by atoms with Gasteiger partial charge in [-0.2, -0.15) is 0 Å². The molecule has 6 nitrogen and oxygen atoms in total. The summed E-state index contributed by atoms with van der Waals surface area (Å²) in [7, 11) is -3.62. The lowest BCUT2D eigenvalue weighted by Gasteiger charge is -2.28. The second kappa shape index (κ2) is 7.15. The molecule has 1 saturated carbocycles. The molecule has 0 spiro atoms. The van der Waals surface area contributed by atoms with Crippen molar-refractivity contribution >= 4 is 27.4 Å². The second-order valence-electron chi connectivity index (χ2n) is 6.93. The van der Waals surface area contributed by atoms with E-state index in [-0.39, 0.29) is 22.1 Å². The third kappa shape index (κ3) is 3.88. The van der Waals surface area contributed by atoms with Crippen LogP contribution in [0.1, 0.15) is 41.6 Å². The molecular formula is C20H21NO5S. The first kappa shape index (κ1) is 19.1. The van der Waals surface area contributed by atoms with Gasteiger partial charge in [0.25, 0.3) is 0 Å². The van der Waals surface area contributed by atoms with E-state index in [0.29, 0.717) is 12.8 Å². The van der Waals surface area contributed by atoms with Gasteiger partial charge in [0.1, 0.15) is 0 Å². The summed E-state index contributed by atoms with van der Waals surface area (Å²) in [5.74, 6) is -1.50. The number of rotatable bonds is 5.